The number of allylic oxidation sites excluding steroid dienone is 1. The van der Waals surface area contributed by atoms with Crippen LogP contribution >= 0.6 is 0 Å². The zero-order valence-electron chi connectivity index (χ0n) is 42.9. The van der Waals surface area contributed by atoms with E-state index in [1.54, 1.807) is 0 Å². The first-order valence-corrected chi connectivity index (χ1v) is 26.9. The minimum atomic E-state index is -1.85. The van der Waals surface area contributed by atoms with E-state index in [0.29, 0.717) is 43.4 Å². The van der Waals surface area contributed by atoms with Crippen molar-refractivity contribution in [3.63, 3.8) is 0 Å². The maximum absolute atomic E-state index is 12.1. The zero-order valence-corrected chi connectivity index (χ0v) is 42.9. The Hall–Kier alpha value is -1.18. The van der Waals surface area contributed by atoms with E-state index in [1.807, 2.05) is 6.92 Å². The highest BCUT2D eigenvalue weighted by atomic mass is 16.8. The molecule has 0 amide bonds. The number of hydrogen-bond acceptors (Lipinski definition) is 23. The summed E-state index contributed by atoms with van der Waals surface area (Å²) >= 11 is 0. The Bertz CT molecular complexity index is 1920. The fourth-order valence-electron chi connectivity index (χ4n) is 15.0. The lowest BCUT2D eigenvalue weighted by Crippen LogP contribution is -2.67. The van der Waals surface area contributed by atoms with E-state index in [-0.39, 0.29) is 41.3 Å². The Morgan fingerprint density at radius 3 is 1.86 bits per heavy atom. The average molecular weight is 1070 g/mol. The molecule has 0 radical (unpaired) electrons. The van der Waals surface area contributed by atoms with Crippen LogP contribution in [0.4, 0.5) is 0 Å². The molecule has 74 heavy (non-hydrogen) atoms. The summed E-state index contributed by atoms with van der Waals surface area (Å²) < 4.78 is 54.4. The molecule has 8 fully saturated rings. The van der Waals surface area contributed by atoms with Crippen LogP contribution in [-0.4, -0.2) is 239 Å². The van der Waals surface area contributed by atoms with Gasteiger partial charge in [-0.25, -0.2) is 0 Å². The molecule has 4 aliphatic carbocycles. The third-order valence-electron chi connectivity index (χ3n) is 19.5. The normalized spacial score (nSPS) is 54.9. The first-order chi connectivity index (χ1) is 35.0. The van der Waals surface area contributed by atoms with E-state index in [4.69, 9.17) is 42.6 Å². The van der Waals surface area contributed by atoms with Gasteiger partial charge in [0.2, 0.25) is 0 Å². The molecule has 3 saturated carbocycles. The van der Waals surface area contributed by atoms with Crippen LogP contribution in [0.15, 0.2) is 11.6 Å². The van der Waals surface area contributed by atoms with Gasteiger partial charge in [0.05, 0.1) is 44.7 Å². The highest BCUT2D eigenvalue weighted by Crippen LogP contribution is 2.70. The van der Waals surface area contributed by atoms with Crippen LogP contribution < -0.4 is 0 Å². The number of fused-ring (bicyclic) bond motifs is 7. The molecule has 426 valence electrons. The van der Waals surface area contributed by atoms with Crippen LogP contribution in [0.25, 0.3) is 0 Å². The third kappa shape index (κ3) is 10.2. The van der Waals surface area contributed by atoms with Crippen molar-refractivity contribution in [1.82, 2.24) is 0 Å². The summed E-state index contributed by atoms with van der Waals surface area (Å²) in [5.74, 6) is -0.310. The molecular weight excluding hydrogens is 981 g/mol. The third-order valence-corrected chi connectivity index (χ3v) is 19.5. The van der Waals surface area contributed by atoms with Crippen molar-refractivity contribution in [2.24, 2.45) is 46.3 Å². The van der Waals surface area contributed by atoms with Crippen molar-refractivity contribution in [2.45, 2.75) is 233 Å². The summed E-state index contributed by atoms with van der Waals surface area (Å²) in [6.07, 6.45) is -22.1. The van der Waals surface area contributed by atoms with Gasteiger partial charge < -0.3 is 114 Å². The summed E-state index contributed by atoms with van der Waals surface area (Å²) in [7, 11) is 0. The molecule has 0 aromatic rings. The van der Waals surface area contributed by atoms with Crippen molar-refractivity contribution in [3.8, 4) is 0 Å². The van der Waals surface area contributed by atoms with Crippen LogP contribution in [0.3, 0.4) is 0 Å². The first-order valence-electron chi connectivity index (χ1n) is 26.9. The second kappa shape index (κ2) is 22.4. The quantitative estimate of drug-likeness (QED) is 0.0727. The number of aliphatic hydroxyl groups excluding tert-OH is 13. The van der Waals surface area contributed by atoms with Gasteiger partial charge in [0.25, 0.3) is 0 Å². The lowest BCUT2D eigenvalue weighted by Gasteiger charge is -2.58. The fraction of sp³-hybridized carbons (Fsp3) is 0.961. The van der Waals surface area contributed by atoms with E-state index < -0.39 is 155 Å². The summed E-state index contributed by atoms with van der Waals surface area (Å²) in [5, 5.41) is 148. The number of aliphatic hydroxyl groups is 14. The van der Waals surface area contributed by atoms with Crippen molar-refractivity contribution in [3.05, 3.63) is 11.6 Å². The highest BCUT2D eigenvalue weighted by Gasteiger charge is 2.68. The number of rotatable bonds is 15. The summed E-state index contributed by atoms with van der Waals surface area (Å²) in [4.78, 5) is 0. The van der Waals surface area contributed by atoms with Crippen molar-refractivity contribution in [1.29, 1.82) is 0 Å². The van der Waals surface area contributed by atoms with Crippen LogP contribution in [0, 0.1) is 46.3 Å². The van der Waals surface area contributed by atoms with Gasteiger partial charge in [-0.3, -0.25) is 0 Å². The summed E-state index contributed by atoms with van der Waals surface area (Å²) in [6.45, 7) is 8.35. The first kappa shape index (κ1) is 57.5. The molecule has 23 heteroatoms. The van der Waals surface area contributed by atoms with Crippen molar-refractivity contribution >= 4 is 0 Å². The van der Waals surface area contributed by atoms with Crippen LogP contribution in [0.2, 0.25) is 0 Å². The van der Waals surface area contributed by atoms with Crippen LogP contribution in [-0.2, 0) is 42.6 Å². The standard InChI is InChI=1S/C51H84O23/c1-20(19-66-45-39(61)37(59)34(56)29(16-52)69-45)8-13-51(65)21(2)32-28(74-51)15-27-25-7-6-23-14-24(9-11-49(23,4)26(25)10-12-50(27,32)5)68-48-44(73-46-40(62)36(58)33(55)22(3)67-46)42(64)43(31(18-54)71-48)72-47-41(63)38(60)35(57)30(17-53)70-47/h6,20-22,24-48,52-65H,7-19H2,1-5H3/t20-,21+,22+,24+,25-,26+,27+,28+,29-,30-,31-,32+,33+,34-,35-,36-,37+,38+,39-,40-,41-,42+,43-,44-,45-,46+,47+,48-,49+,50+,51-/m1/s1. The van der Waals surface area contributed by atoms with Gasteiger partial charge in [-0.05, 0) is 98.7 Å². The van der Waals surface area contributed by atoms with Crippen LogP contribution in [0.5, 0.6) is 0 Å². The molecule has 23 nitrogen and oxygen atoms in total. The van der Waals surface area contributed by atoms with Crippen molar-refractivity contribution in [2.75, 3.05) is 26.4 Å². The molecule has 0 unspecified atom stereocenters. The van der Waals surface area contributed by atoms with E-state index in [1.165, 1.54) is 12.5 Å². The molecule has 9 aliphatic rings. The van der Waals surface area contributed by atoms with Gasteiger partial charge in [0, 0.05) is 12.3 Å². The second-order valence-electron chi connectivity index (χ2n) is 23.8. The molecule has 0 bridgehead atoms. The van der Waals surface area contributed by atoms with Crippen molar-refractivity contribution < 1.29 is 114 Å². The van der Waals surface area contributed by atoms with E-state index >= 15 is 0 Å². The smallest absolute Gasteiger partial charge is 0.187 e. The predicted molar refractivity (Wildman–Crippen MR) is 250 cm³/mol. The molecule has 5 heterocycles. The summed E-state index contributed by atoms with van der Waals surface area (Å²) in [5.41, 5.74) is 1.02. The number of hydrogen-bond donors (Lipinski definition) is 14. The minimum Gasteiger partial charge on any atom is -0.394 e. The monoisotopic (exact) mass is 1060 g/mol. The lowest BCUT2D eigenvalue weighted by atomic mass is 9.47. The fourth-order valence-corrected chi connectivity index (χ4v) is 15.0. The van der Waals surface area contributed by atoms with E-state index in [2.05, 4.69) is 26.8 Å². The van der Waals surface area contributed by atoms with Gasteiger partial charge in [0.1, 0.15) is 91.6 Å². The van der Waals surface area contributed by atoms with Gasteiger partial charge in [-0.1, -0.05) is 39.3 Å². The highest BCUT2D eigenvalue weighted by molar-refractivity contribution is 5.26. The Kier molecular flexibility index (Phi) is 17.4. The van der Waals surface area contributed by atoms with Gasteiger partial charge in [0.15, 0.2) is 30.9 Å². The number of ether oxygens (including phenoxy) is 9. The van der Waals surface area contributed by atoms with E-state index in [9.17, 15) is 71.5 Å². The van der Waals surface area contributed by atoms with Gasteiger partial charge in [-0.15, -0.1) is 0 Å². The maximum Gasteiger partial charge on any atom is 0.187 e. The Labute approximate surface area is 430 Å². The predicted octanol–water partition coefficient (Wildman–Crippen LogP) is -3.01. The largest absolute Gasteiger partial charge is 0.394 e. The average Bonchev–Trinajstić information content (AvgIpc) is 3.82. The Morgan fingerprint density at radius 1 is 0.635 bits per heavy atom. The SMILES string of the molecule is C[C@H](CC[C@@]1(O)O[C@H]2C[C@H]3[C@@H]4CC=C5C[C@@H](O[C@@H]6O[C@H](CO)[C@@H](O[C@@H]7O[C@H](CO)[C@@H](O)[C@H](O)[C@H]7O)[C@H](O)[C@H]6O[C@@H]6O[C@@H](C)[C@H](O)[C@@H](O)[C@H]6O)CC[C@]5(C)[C@H]4CC[C@]3(C)[C@H]2[C@@H]1C)CO[C@@H]1O[C@H](CO)[C@@H](O)[C@H](O)[C@H]1O. The zero-order chi connectivity index (χ0) is 53.5. The molecule has 5 aliphatic heterocycles. The molecule has 5 saturated heterocycles. The molecular formula is C51H84O23. The topological polar surface area (TPSA) is 366 Å². The minimum absolute atomic E-state index is 0.0705. The molecule has 0 aromatic heterocycles. The molecule has 0 aromatic carbocycles. The van der Waals surface area contributed by atoms with Gasteiger partial charge >= 0.3 is 0 Å². The Balaban J connectivity index is 0.849. The Morgan fingerprint density at radius 2 is 1.22 bits per heavy atom. The molecule has 0 spiro atoms. The lowest BCUT2D eigenvalue weighted by molar-refractivity contribution is -0.389. The van der Waals surface area contributed by atoms with Crippen LogP contribution in [0.1, 0.15) is 92.4 Å². The molecule has 9 rings (SSSR count). The second-order valence-corrected chi connectivity index (χ2v) is 23.8. The molecule has 14 N–H and O–H groups in total. The van der Waals surface area contributed by atoms with E-state index in [0.717, 1.165) is 32.1 Å². The molecule has 31 atom stereocenters. The maximum atomic E-state index is 12.1. The summed E-state index contributed by atoms with van der Waals surface area (Å²) in [6, 6.07) is 0. The van der Waals surface area contributed by atoms with Gasteiger partial charge in [-0.2, -0.15) is 0 Å².